The van der Waals surface area contributed by atoms with Crippen LogP contribution in [0.4, 0.5) is 0 Å². The van der Waals surface area contributed by atoms with Crippen LogP contribution < -0.4 is 20.7 Å². The molecule has 0 atom stereocenters. The number of hydrogen-bond donors (Lipinski definition) is 0. The van der Waals surface area contributed by atoms with E-state index in [1.54, 1.807) is 7.11 Å². The van der Waals surface area contributed by atoms with E-state index in [1.807, 2.05) is 0 Å². The van der Waals surface area contributed by atoms with Crippen molar-refractivity contribution in [1.82, 2.24) is 0 Å². The topological polar surface area (TPSA) is 9.23 Å². The molecule has 0 aromatic heterocycles. The van der Waals surface area contributed by atoms with Gasteiger partial charge in [-0.15, -0.1) is 0 Å². The third-order valence-corrected chi connectivity index (χ3v) is 11.6. The van der Waals surface area contributed by atoms with Crippen molar-refractivity contribution in [2.75, 3.05) is 7.11 Å². The fourth-order valence-corrected chi connectivity index (χ4v) is 10.00. The Balaban J connectivity index is 1.82. The van der Waals surface area contributed by atoms with Gasteiger partial charge in [0.15, 0.2) is 0 Å². The van der Waals surface area contributed by atoms with Gasteiger partial charge in [-0.25, -0.2) is 0 Å². The van der Waals surface area contributed by atoms with Crippen LogP contribution in [0.25, 0.3) is 11.1 Å². The molecule has 5 aromatic rings. The van der Waals surface area contributed by atoms with E-state index in [9.17, 15) is 0 Å². The third kappa shape index (κ3) is 4.28. The van der Waals surface area contributed by atoms with E-state index in [0.717, 1.165) is 11.9 Å². The Morgan fingerprint density at radius 3 is 1.59 bits per heavy atom. The van der Waals surface area contributed by atoms with Crippen molar-refractivity contribution in [3.8, 4) is 16.9 Å². The Morgan fingerprint density at radius 2 is 1.03 bits per heavy atom. The summed E-state index contributed by atoms with van der Waals surface area (Å²) in [5.41, 5.74) is 3.88. The summed E-state index contributed by atoms with van der Waals surface area (Å²) in [5.74, 6) is 0.875. The fourth-order valence-electron chi connectivity index (χ4n) is 5.00. The molecule has 0 aliphatic heterocycles. The number of methoxy groups -OCH3 is 1. The van der Waals surface area contributed by atoms with Gasteiger partial charge < -0.3 is 0 Å². The van der Waals surface area contributed by atoms with Crippen LogP contribution in [0.2, 0.25) is 0 Å². The Kier molecular flexibility index (Phi) is 6.56. The van der Waals surface area contributed by atoms with Gasteiger partial charge in [-0.05, 0) is 0 Å². The number of benzene rings is 5. The van der Waals surface area contributed by atoms with Crippen LogP contribution in [-0.2, 0) is 6.16 Å². The normalized spacial score (nSPS) is 11.7. The second kappa shape index (κ2) is 10.1. The van der Waals surface area contributed by atoms with Crippen molar-refractivity contribution in [2.45, 2.75) is 6.16 Å². The molecule has 0 bridgehead atoms. The number of ether oxygens (including phenoxy) is 1. The summed E-state index contributed by atoms with van der Waals surface area (Å²) in [5, 5.41) is 4.28. The summed E-state index contributed by atoms with van der Waals surface area (Å²) >= 11 is 0. The zero-order chi connectivity index (χ0) is 23.2. The third-order valence-electron chi connectivity index (χ3n) is 6.63. The van der Waals surface area contributed by atoms with Crippen molar-refractivity contribution in [1.29, 1.82) is 0 Å². The van der Waals surface area contributed by atoms with E-state index in [-0.39, 0.29) is 0 Å². The van der Waals surface area contributed by atoms with Gasteiger partial charge >= 0.3 is 203 Å². The van der Waals surface area contributed by atoms with Crippen molar-refractivity contribution in [3.63, 3.8) is 0 Å². The van der Waals surface area contributed by atoms with Crippen LogP contribution in [0.5, 0.6) is 5.75 Å². The molecule has 0 radical (unpaired) electrons. The maximum absolute atomic E-state index is 5.43. The Hall–Kier alpha value is -3.67. The SMILES string of the molecule is COc1ccc(-c2ccccc2[PH](Cc2ccccc2)(c2ccccc2)c2ccccc2)cc1. The molecule has 2 heteroatoms. The van der Waals surface area contributed by atoms with Crippen LogP contribution in [-0.4, -0.2) is 7.11 Å². The van der Waals surface area contributed by atoms with Crippen LogP contribution in [0.15, 0.2) is 140 Å². The fraction of sp³-hybridized carbons (Fsp3) is 0.0625. The Morgan fingerprint density at radius 1 is 0.529 bits per heavy atom. The quantitative estimate of drug-likeness (QED) is 0.249. The van der Waals surface area contributed by atoms with E-state index < -0.39 is 7.26 Å². The molecule has 0 amide bonds. The molecule has 0 saturated heterocycles. The minimum atomic E-state index is -2.45. The molecule has 5 rings (SSSR count). The van der Waals surface area contributed by atoms with Crippen LogP contribution >= 0.6 is 7.26 Å². The molecule has 0 saturated carbocycles. The molecular weight excluding hydrogens is 431 g/mol. The summed E-state index contributed by atoms with van der Waals surface area (Å²) in [6, 6.07) is 50.6. The van der Waals surface area contributed by atoms with Crippen LogP contribution in [0, 0.1) is 0 Å². The van der Waals surface area contributed by atoms with E-state index in [2.05, 4.69) is 140 Å². The molecule has 0 N–H and O–H groups in total. The molecule has 0 aliphatic carbocycles. The first-order chi connectivity index (χ1) is 16.8. The Bertz CT molecular complexity index is 1290. The van der Waals surface area contributed by atoms with Gasteiger partial charge in [0.05, 0.1) is 0 Å². The van der Waals surface area contributed by atoms with E-state index >= 15 is 0 Å². The molecule has 1 nitrogen and oxygen atoms in total. The summed E-state index contributed by atoms with van der Waals surface area (Å²) in [4.78, 5) is 0. The van der Waals surface area contributed by atoms with Crippen LogP contribution in [0.1, 0.15) is 5.56 Å². The van der Waals surface area contributed by atoms with Crippen molar-refractivity contribution in [3.05, 3.63) is 145 Å². The first-order valence-electron chi connectivity index (χ1n) is 11.7. The predicted molar refractivity (Wildman–Crippen MR) is 149 cm³/mol. The molecule has 0 spiro atoms. The van der Waals surface area contributed by atoms with Gasteiger partial charge in [0.1, 0.15) is 0 Å². The van der Waals surface area contributed by atoms with Gasteiger partial charge in [-0.3, -0.25) is 0 Å². The zero-order valence-corrected chi connectivity index (χ0v) is 20.4. The molecule has 0 unspecified atom stereocenters. The molecule has 5 aromatic carbocycles. The van der Waals surface area contributed by atoms with E-state index in [4.69, 9.17) is 4.74 Å². The number of rotatable bonds is 7. The van der Waals surface area contributed by atoms with Crippen molar-refractivity contribution >= 4 is 23.2 Å². The molecular formula is C32H29OP. The molecule has 0 aliphatic rings. The van der Waals surface area contributed by atoms with Crippen LogP contribution in [0.3, 0.4) is 0 Å². The first-order valence-corrected chi connectivity index (χ1v) is 13.9. The standard InChI is InChI=1S/C32H29OP/c1-33-28-23-21-27(22-24-28)31-19-11-12-20-32(31)34(29-15-7-3-8-16-29,30-17-9-4-10-18-30)25-26-13-5-2-6-14-26/h2-24,34H,25H2,1H3. The van der Waals surface area contributed by atoms with Gasteiger partial charge in [0.25, 0.3) is 0 Å². The summed E-state index contributed by atoms with van der Waals surface area (Å²) < 4.78 is 5.43. The summed E-state index contributed by atoms with van der Waals surface area (Å²) in [6.45, 7) is 0. The van der Waals surface area contributed by atoms with Gasteiger partial charge in [0, 0.05) is 0 Å². The second-order valence-corrected chi connectivity index (χ2v) is 12.4. The minimum absolute atomic E-state index is 0.875. The first kappa shape index (κ1) is 22.1. The van der Waals surface area contributed by atoms with Gasteiger partial charge in [0.2, 0.25) is 0 Å². The van der Waals surface area contributed by atoms with E-state index in [0.29, 0.717) is 0 Å². The van der Waals surface area contributed by atoms with E-state index in [1.165, 1.54) is 32.6 Å². The average Bonchev–Trinajstić information content (AvgIpc) is 2.93. The zero-order valence-electron chi connectivity index (χ0n) is 19.4. The Labute approximate surface area is 203 Å². The van der Waals surface area contributed by atoms with Gasteiger partial charge in [-0.1, -0.05) is 0 Å². The molecule has 168 valence electrons. The molecule has 0 heterocycles. The molecule has 34 heavy (non-hydrogen) atoms. The second-order valence-electron chi connectivity index (χ2n) is 8.57. The van der Waals surface area contributed by atoms with Crippen molar-refractivity contribution in [2.24, 2.45) is 0 Å². The molecule has 0 fully saturated rings. The summed E-state index contributed by atoms with van der Waals surface area (Å²) in [7, 11) is -0.731. The van der Waals surface area contributed by atoms with Gasteiger partial charge in [-0.2, -0.15) is 0 Å². The predicted octanol–water partition coefficient (Wildman–Crippen LogP) is 6.59. The van der Waals surface area contributed by atoms with Crippen molar-refractivity contribution < 1.29 is 4.74 Å². The summed E-state index contributed by atoms with van der Waals surface area (Å²) in [6.07, 6.45) is 0.995. The maximum atomic E-state index is 5.43. The monoisotopic (exact) mass is 460 g/mol. The number of hydrogen-bond acceptors (Lipinski definition) is 1. The average molecular weight is 461 g/mol.